The molecule has 0 radical (unpaired) electrons. The number of imidazole rings is 1. The molecule has 10 nitrogen and oxygen atoms in total. The van der Waals surface area contributed by atoms with Gasteiger partial charge in [0.05, 0.1) is 17.5 Å². The molecule has 3 aromatic heterocycles. The van der Waals surface area contributed by atoms with Crippen LogP contribution in [0.5, 0.6) is 0 Å². The summed E-state index contributed by atoms with van der Waals surface area (Å²) >= 11 is 6.07. The molecule has 4 aromatic rings. The van der Waals surface area contributed by atoms with Gasteiger partial charge in [-0.1, -0.05) is 44.0 Å². The lowest BCUT2D eigenvalue weighted by Crippen LogP contribution is -2.48. The van der Waals surface area contributed by atoms with Crippen LogP contribution in [0.4, 0.5) is 11.6 Å². The topological polar surface area (TPSA) is 126 Å². The zero-order valence-corrected chi connectivity index (χ0v) is 23.3. The van der Waals surface area contributed by atoms with Gasteiger partial charge in [-0.15, -0.1) is 0 Å². The van der Waals surface area contributed by atoms with E-state index < -0.39 is 6.10 Å². The van der Waals surface area contributed by atoms with E-state index in [1.807, 2.05) is 6.92 Å². The van der Waals surface area contributed by atoms with E-state index in [0.717, 1.165) is 38.4 Å². The van der Waals surface area contributed by atoms with Crippen LogP contribution in [0.15, 0.2) is 41.3 Å². The summed E-state index contributed by atoms with van der Waals surface area (Å²) in [5.41, 5.74) is 3.22. The van der Waals surface area contributed by atoms with Gasteiger partial charge >= 0.3 is 0 Å². The lowest BCUT2D eigenvalue weighted by atomic mass is 10.1. The molecular weight excluding hydrogens is 516 g/mol. The minimum Gasteiger partial charge on any atom is -0.387 e. The van der Waals surface area contributed by atoms with Gasteiger partial charge < -0.3 is 25.3 Å². The molecule has 2 atom stereocenters. The number of piperazine rings is 1. The first kappa shape index (κ1) is 27.1. The summed E-state index contributed by atoms with van der Waals surface area (Å²) in [4.78, 5) is 37.8. The summed E-state index contributed by atoms with van der Waals surface area (Å²) in [7, 11) is 0. The van der Waals surface area contributed by atoms with E-state index in [9.17, 15) is 9.90 Å². The van der Waals surface area contributed by atoms with Gasteiger partial charge in [0.25, 0.3) is 5.56 Å². The van der Waals surface area contributed by atoms with Crippen LogP contribution in [0.3, 0.4) is 0 Å². The number of anilines is 2. The fourth-order valence-electron chi connectivity index (χ4n) is 4.88. The Bertz CT molecular complexity index is 1490. The van der Waals surface area contributed by atoms with Crippen molar-refractivity contribution < 1.29 is 5.11 Å². The van der Waals surface area contributed by atoms with Crippen LogP contribution >= 0.6 is 11.6 Å². The maximum Gasteiger partial charge on any atom is 0.261 e. The molecule has 4 heterocycles. The molecule has 1 saturated heterocycles. The van der Waals surface area contributed by atoms with Crippen molar-refractivity contribution >= 4 is 34.4 Å². The molecule has 39 heavy (non-hydrogen) atoms. The maximum absolute atomic E-state index is 12.9. The Morgan fingerprint density at radius 2 is 1.95 bits per heavy atom. The number of rotatable bonds is 9. The van der Waals surface area contributed by atoms with Crippen LogP contribution in [0.25, 0.3) is 22.6 Å². The van der Waals surface area contributed by atoms with Crippen molar-refractivity contribution in [1.29, 1.82) is 0 Å². The number of fused-ring (bicyclic) bond motifs is 1. The lowest BCUT2D eigenvalue weighted by Gasteiger charge is -2.35. The largest absolute Gasteiger partial charge is 0.387 e. The fourth-order valence-corrected chi connectivity index (χ4v) is 5.08. The van der Waals surface area contributed by atoms with Gasteiger partial charge in [-0.2, -0.15) is 4.98 Å². The zero-order chi connectivity index (χ0) is 27.5. The summed E-state index contributed by atoms with van der Waals surface area (Å²) < 4.78 is 0. The van der Waals surface area contributed by atoms with Crippen molar-refractivity contribution in [3.63, 3.8) is 0 Å². The van der Waals surface area contributed by atoms with Crippen LogP contribution in [-0.2, 0) is 0 Å². The molecular formula is C28H35ClN8O2. The third kappa shape index (κ3) is 6.08. The van der Waals surface area contributed by atoms with E-state index >= 15 is 0 Å². The normalized spacial score (nSPS) is 16.0. The van der Waals surface area contributed by atoms with E-state index in [4.69, 9.17) is 26.6 Å². The number of nitrogens with one attached hydrogen (secondary N) is 3. The first-order chi connectivity index (χ1) is 18.8. The molecule has 0 amide bonds. The molecule has 0 spiro atoms. The van der Waals surface area contributed by atoms with E-state index in [-0.39, 0.29) is 12.1 Å². The number of aliphatic hydroxyl groups excluding tert-OH is 1. The quantitative estimate of drug-likeness (QED) is 0.246. The van der Waals surface area contributed by atoms with Gasteiger partial charge in [0.2, 0.25) is 5.95 Å². The van der Waals surface area contributed by atoms with Crippen LogP contribution in [0, 0.1) is 12.8 Å². The Morgan fingerprint density at radius 1 is 1.15 bits per heavy atom. The van der Waals surface area contributed by atoms with Gasteiger partial charge in [0, 0.05) is 50.5 Å². The number of hydrogen-bond acceptors (Lipinski definition) is 8. The van der Waals surface area contributed by atoms with Gasteiger partial charge in [0.15, 0.2) is 5.65 Å². The van der Waals surface area contributed by atoms with Crippen LogP contribution in [-0.4, -0.2) is 74.2 Å². The number of pyridine rings is 1. The summed E-state index contributed by atoms with van der Waals surface area (Å²) in [5, 5.41) is 14.4. The van der Waals surface area contributed by atoms with Crippen LogP contribution in [0.1, 0.15) is 37.6 Å². The summed E-state index contributed by atoms with van der Waals surface area (Å²) in [6.45, 7) is 11.4. The highest BCUT2D eigenvalue weighted by atomic mass is 35.5. The van der Waals surface area contributed by atoms with Crippen molar-refractivity contribution in [2.24, 2.45) is 5.92 Å². The number of halogens is 1. The van der Waals surface area contributed by atoms with Crippen molar-refractivity contribution in [2.75, 3.05) is 49.5 Å². The first-order valence-corrected chi connectivity index (χ1v) is 13.8. The molecule has 5 rings (SSSR count). The summed E-state index contributed by atoms with van der Waals surface area (Å²) in [6.07, 6.45) is 1.94. The number of aryl methyl sites for hydroxylation is 1. The third-order valence-corrected chi connectivity index (χ3v) is 7.58. The van der Waals surface area contributed by atoms with Gasteiger partial charge in [-0.25, -0.2) is 9.97 Å². The molecule has 1 aliphatic heterocycles. The molecule has 1 aromatic carbocycles. The fraction of sp³-hybridized carbons (Fsp3) is 0.429. The molecule has 0 bridgehead atoms. The molecule has 0 aliphatic carbocycles. The molecule has 1 fully saturated rings. The second-order valence-electron chi connectivity index (χ2n) is 10.2. The molecule has 4 N–H and O–H groups in total. The van der Waals surface area contributed by atoms with E-state index in [1.165, 1.54) is 6.42 Å². The number of H-pyrrole nitrogens is 2. The monoisotopic (exact) mass is 550 g/mol. The maximum atomic E-state index is 12.9. The minimum atomic E-state index is -0.812. The number of nitrogens with zero attached hydrogens (tertiary/aromatic N) is 5. The molecule has 1 aliphatic rings. The molecule has 11 heteroatoms. The van der Waals surface area contributed by atoms with Gasteiger partial charge in [-0.05, 0) is 36.6 Å². The lowest BCUT2D eigenvalue weighted by molar-refractivity contribution is 0.191. The predicted molar refractivity (Wildman–Crippen MR) is 155 cm³/mol. The van der Waals surface area contributed by atoms with Crippen LogP contribution in [0.2, 0.25) is 5.02 Å². The van der Waals surface area contributed by atoms with Gasteiger partial charge in [0.1, 0.15) is 16.9 Å². The second-order valence-corrected chi connectivity index (χ2v) is 10.7. The van der Waals surface area contributed by atoms with E-state index in [1.54, 1.807) is 36.5 Å². The average Bonchev–Trinajstić information content (AvgIpc) is 3.36. The van der Waals surface area contributed by atoms with Crippen molar-refractivity contribution in [3.05, 3.63) is 63.2 Å². The highest BCUT2D eigenvalue weighted by molar-refractivity contribution is 6.30. The highest BCUT2D eigenvalue weighted by Crippen LogP contribution is 2.27. The third-order valence-electron chi connectivity index (χ3n) is 7.35. The number of aliphatic hydroxyl groups is 1. The Kier molecular flexibility index (Phi) is 8.15. The second kappa shape index (κ2) is 11.7. The number of aromatic amines is 2. The highest BCUT2D eigenvalue weighted by Gasteiger charge is 2.23. The predicted octanol–water partition coefficient (Wildman–Crippen LogP) is 3.98. The number of aromatic nitrogens is 5. The van der Waals surface area contributed by atoms with Crippen molar-refractivity contribution in [2.45, 2.75) is 33.3 Å². The summed E-state index contributed by atoms with van der Waals surface area (Å²) in [5.74, 6) is 1.75. The molecule has 1 unspecified atom stereocenters. The molecule has 0 saturated carbocycles. The Balaban J connectivity index is 1.37. The SMILES string of the molecule is CCC(C)CN1CCN(c2nc(C)c3nc(-c4c(NC[C@@H](O)c5cccc(Cl)c5)cc[nH]c4=O)[nH]c3n2)CC1. The molecule has 206 valence electrons. The smallest absolute Gasteiger partial charge is 0.261 e. The van der Waals surface area contributed by atoms with Gasteiger partial charge in [-0.3, -0.25) is 9.69 Å². The average molecular weight is 551 g/mol. The van der Waals surface area contributed by atoms with E-state index in [2.05, 4.69) is 38.9 Å². The Labute approximate surface area is 232 Å². The van der Waals surface area contributed by atoms with E-state index in [0.29, 0.717) is 50.7 Å². The zero-order valence-electron chi connectivity index (χ0n) is 22.5. The Hall–Kier alpha value is -3.47. The standard InChI is InChI=1S/C28H35ClN8O2/c1-4-17(2)16-36-10-12-37(13-11-36)28-32-18(3)24-26(35-28)34-25(33-24)23-21(8-9-30-27(23)39)31-15-22(38)19-6-5-7-20(29)14-19/h5-9,14,17,22,38H,4,10-13,15-16H2,1-3H3,(H2,30,31,39)(H,32,33,34,35)/t17?,22-/m1/s1. The summed E-state index contributed by atoms with van der Waals surface area (Å²) in [6, 6.07) is 8.82. The van der Waals surface area contributed by atoms with Crippen LogP contribution < -0.4 is 15.8 Å². The van der Waals surface area contributed by atoms with Crippen molar-refractivity contribution in [1.82, 2.24) is 29.8 Å². The Morgan fingerprint density at radius 3 is 2.69 bits per heavy atom. The number of hydrogen-bond donors (Lipinski definition) is 4. The number of benzene rings is 1. The first-order valence-electron chi connectivity index (χ1n) is 13.4. The minimum absolute atomic E-state index is 0.184. The van der Waals surface area contributed by atoms with Crippen molar-refractivity contribution in [3.8, 4) is 11.4 Å².